The minimum absolute atomic E-state index is 0.122. The molecule has 0 saturated heterocycles. The molecule has 1 aliphatic carbocycles. The number of carbonyl (C=O) groups is 1. The number of alkyl carbamates (subject to hydrolysis) is 1. The second kappa shape index (κ2) is 3.24. The lowest BCUT2D eigenvalue weighted by atomic mass is 9.81. The summed E-state index contributed by atoms with van der Waals surface area (Å²) in [4.78, 5) is 10.6. The molecule has 1 saturated carbocycles. The van der Waals surface area contributed by atoms with Crippen LogP contribution < -0.4 is 5.32 Å². The van der Waals surface area contributed by atoms with Gasteiger partial charge < -0.3 is 10.1 Å². The topological polar surface area (TPSA) is 62.1 Å². The second-order valence-corrected chi connectivity index (χ2v) is 2.63. The number of methoxy groups -OCH3 is 1. The predicted octanol–water partition coefficient (Wildman–Crippen LogP) is 0.645. The Hall–Kier alpha value is -1.24. The summed E-state index contributed by atoms with van der Waals surface area (Å²) in [6, 6.07) is 2.28. The molecule has 1 aliphatic rings. The van der Waals surface area contributed by atoms with Crippen LogP contribution in [0.3, 0.4) is 0 Å². The van der Waals surface area contributed by atoms with E-state index in [2.05, 4.69) is 16.1 Å². The molecular weight excluding hydrogens is 144 g/mol. The van der Waals surface area contributed by atoms with Gasteiger partial charge in [-0.05, 0) is 12.8 Å². The molecule has 0 atom stereocenters. The van der Waals surface area contributed by atoms with Crippen molar-refractivity contribution in [3.8, 4) is 6.07 Å². The molecule has 0 aromatic carbocycles. The number of nitriles is 1. The molecule has 0 aliphatic heterocycles. The van der Waals surface area contributed by atoms with Gasteiger partial charge in [-0.1, -0.05) is 0 Å². The first-order valence-corrected chi connectivity index (χ1v) is 3.50. The van der Waals surface area contributed by atoms with Crippen LogP contribution in [-0.2, 0) is 4.74 Å². The summed E-state index contributed by atoms with van der Waals surface area (Å²) in [5, 5.41) is 11.0. The highest BCUT2D eigenvalue weighted by molar-refractivity contribution is 5.67. The standard InChI is InChI=1S/C7H10N2O2/c1-11-7(10)9-6-2-5(3-6)4-8/h5-6H,2-3H2,1H3,(H,9,10). The Morgan fingerprint density at radius 2 is 2.36 bits per heavy atom. The summed E-state index contributed by atoms with van der Waals surface area (Å²) in [6.45, 7) is 0. The van der Waals surface area contributed by atoms with Crippen LogP contribution in [0, 0.1) is 17.2 Å². The third-order valence-electron chi connectivity index (χ3n) is 1.83. The van der Waals surface area contributed by atoms with Crippen LogP contribution in [0.5, 0.6) is 0 Å². The van der Waals surface area contributed by atoms with Crippen molar-refractivity contribution in [1.29, 1.82) is 5.26 Å². The molecule has 1 fully saturated rings. The lowest BCUT2D eigenvalue weighted by Crippen LogP contribution is -2.43. The Bertz CT molecular complexity index is 191. The van der Waals surface area contributed by atoms with Crippen molar-refractivity contribution in [2.45, 2.75) is 18.9 Å². The Morgan fingerprint density at radius 3 is 2.82 bits per heavy atom. The zero-order chi connectivity index (χ0) is 8.27. The Kier molecular flexibility index (Phi) is 2.32. The number of rotatable bonds is 1. The molecule has 0 heterocycles. The number of ether oxygens (including phenoxy) is 1. The maximum atomic E-state index is 10.6. The zero-order valence-electron chi connectivity index (χ0n) is 6.33. The average Bonchev–Trinajstić information content (AvgIpc) is 1.95. The normalized spacial score (nSPS) is 28.0. The van der Waals surface area contributed by atoms with Gasteiger partial charge in [0.05, 0.1) is 19.1 Å². The highest BCUT2D eigenvalue weighted by Crippen LogP contribution is 2.26. The van der Waals surface area contributed by atoms with Gasteiger partial charge in [0, 0.05) is 6.04 Å². The summed E-state index contributed by atoms with van der Waals surface area (Å²) >= 11 is 0. The molecule has 0 aromatic rings. The maximum absolute atomic E-state index is 10.6. The quantitative estimate of drug-likeness (QED) is 0.603. The van der Waals surface area contributed by atoms with Gasteiger partial charge in [0.1, 0.15) is 0 Å². The Balaban J connectivity index is 2.14. The van der Waals surface area contributed by atoms with Crippen molar-refractivity contribution < 1.29 is 9.53 Å². The molecule has 0 bridgehead atoms. The molecule has 1 rings (SSSR count). The number of hydrogen-bond acceptors (Lipinski definition) is 3. The molecule has 0 radical (unpaired) electrons. The van der Waals surface area contributed by atoms with Crippen LogP contribution in [0.15, 0.2) is 0 Å². The molecule has 11 heavy (non-hydrogen) atoms. The summed E-state index contributed by atoms with van der Waals surface area (Å²) < 4.78 is 4.39. The van der Waals surface area contributed by atoms with E-state index in [0.717, 1.165) is 12.8 Å². The summed E-state index contributed by atoms with van der Waals surface area (Å²) in [7, 11) is 1.33. The van der Waals surface area contributed by atoms with Gasteiger partial charge in [-0.2, -0.15) is 5.26 Å². The van der Waals surface area contributed by atoms with Gasteiger partial charge in [-0.15, -0.1) is 0 Å². The highest BCUT2D eigenvalue weighted by Gasteiger charge is 2.30. The minimum Gasteiger partial charge on any atom is -0.453 e. The fourth-order valence-corrected chi connectivity index (χ4v) is 1.07. The van der Waals surface area contributed by atoms with E-state index in [4.69, 9.17) is 5.26 Å². The van der Waals surface area contributed by atoms with Crippen LogP contribution in [-0.4, -0.2) is 19.2 Å². The number of nitrogens with zero attached hydrogens (tertiary/aromatic N) is 1. The van der Waals surface area contributed by atoms with Crippen molar-refractivity contribution in [1.82, 2.24) is 5.32 Å². The van der Waals surface area contributed by atoms with Crippen molar-refractivity contribution in [2.24, 2.45) is 5.92 Å². The van der Waals surface area contributed by atoms with E-state index >= 15 is 0 Å². The van der Waals surface area contributed by atoms with Gasteiger partial charge in [-0.25, -0.2) is 4.79 Å². The lowest BCUT2D eigenvalue weighted by Gasteiger charge is -2.30. The van der Waals surface area contributed by atoms with Crippen LogP contribution in [0.1, 0.15) is 12.8 Å². The minimum atomic E-state index is -0.411. The number of carbonyl (C=O) groups excluding carboxylic acids is 1. The molecule has 0 unspecified atom stereocenters. The average molecular weight is 154 g/mol. The SMILES string of the molecule is COC(=O)NC1CC(C#N)C1. The maximum Gasteiger partial charge on any atom is 0.407 e. The highest BCUT2D eigenvalue weighted by atomic mass is 16.5. The summed E-state index contributed by atoms with van der Waals surface area (Å²) in [5.74, 6) is 0.122. The van der Waals surface area contributed by atoms with Gasteiger partial charge in [0.15, 0.2) is 0 Å². The lowest BCUT2D eigenvalue weighted by molar-refractivity contribution is 0.154. The monoisotopic (exact) mass is 154 g/mol. The van der Waals surface area contributed by atoms with Crippen molar-refractivity contribution in [3.05, 3.63) is 0 Å². The third-order valence-corrected chi connectivity index (χ3v) is 1.83. The van der Waals surface area contributed by atoms with E-state index in [1.165, 1.54) is 7.11 Å². The molecule has 4 heteroatoms. The third kappa shape index (κ3) is 1.84. The van der Waals surface area contributed by atoms with Gasteiger partial charge >= 0.3 is 6.09 Å². The molecule has 0 aromatic heterocycles. The van der Waals surface area contributed by atoms with Crippen LogP contribution in [0.25, 0.3) is 0 Å². The largest absolute Gasteiger partial charge is 0.453 e. The molecule has 0 spiro atoms. The molecule has 1 N–H and O–H groups in total. The summed E-state index contributed by atoms with van der Waals surface area (Å²) in [6.07, 6.45) is 1.10. The van der Waals surface area contributed by atoms with Crippen LogP contribution >= 0.6 is 0 Å². The van der Waals surface area contributed by atoms with Gasteiger partial charge in [-0.3, -0.25) is 0 Å². The van der Waals surface area contributed by atoms with E-state index in [-0.39, 0.29) is 12.0 Å². The number of amides is 1. The second-order valence-electron chi connectivity index (χ2n) is 2.63. The Labute approximate surface area is 65.1 Å². The molecule has 60 valence electrons. The fourth-order valence-electron chi connectivity index (χ4n) is 1.07. The van der Waals surface area contributed by atoms with E-state index in [1.807, 2.05) is 0 Å². The summed E-state index contributed by atoms with van der Waals surface area (Å²) in [5.41, 5.74) is 0. The van der Waals surface area contributed by atoms with Gasteiger partial charge in [0.25, 0.3) is 0 Å². The van der Waals surface area contributed by atoms with Gasteiger partial charge in [0.2, 0.25) is 0 Å². The first kappa shape index (κ1) is 7.86. The van der Waals surface area contributed by atoms with Crippen molar-refractivity contribution >= 4 is 6.09 Å². The fraction of sp³-hybridized carbons (Fsp3) is 0.714. The van der Waals surface area contributed by atoms with Crippen molar-refractivity contribution in [2.75, 3.05) is 7.11 Å². The number of nitrogens with one attached hydrogen (secondary N) is 1. The van der Waals surface area contributed by atoms with Crippen molar-refractivity contribution in [3.63, 3.8) is 0 Å². The van der Waals surface area contributed by atoms with E-state index in [1.54, 1.807) is 0 Å². The van der Waals surface area contributed by atoms with Crippen LogP contribution in [0.2, 0.25) is 0 Å². The molecule has 4 nitrogen and oxygen atoms in total. The predicted molar refractivity (Wildman–Crippen MR) is 37.7 cm³/mol. The van der Waals surface area contributed by atoms with E-state index in [0.29, 0.717) is 0 Å². The Morgan fingerprint density at radius 1 is 1.73 bits per heavy atom. The van der Waals surface area contributed by atoms with E-state index in [9.17, 15) is 4.79 Å². The first-order valence-electron chi connectivity index (χ1n) is 3.50. The number of hydrogen-bond donors (Lipinski definition) is 1. The first-order chi connectivity index (χ1) is 5.26. The molecular formula is C7H10N2O2. The zero-order valence-corrected chi connectivity index (χ0v) is 6.33. The molecule has 1 amide bonds. The van der Waals surface area contributed by atoms with Crippen LogP contribution in [0.4, 0.5) is 4.79 Å². The smallest absolute Gasteiger partial charge is 0.407 e. The van der Waals surface area contributed by atoms with E-state index < -0.39 is 6.09 Å².